The fourth-order valence-electron chi connectivity index (χ4n) is 3.65. The molecule has 0 radical (unpaired) electrons. The number of carbonyl (C=O) groups is 2. The summed E-state index contributed by atoms with van der Waals surface area (Å²) >= 11 is 0. The van der Waals surface area contributed by atoms with Crippen LogP contribution in [0.5, 0.6) is 0 Å². The largest absolute Gasteiger partial charge is 0.361 e. The minimum absolute atomic E-state index is 0.0146. The number of rotatable bonds is 6. The summed E-state index contributed by atoms with van der Waals surface area (Å²) in [4.78, 5) is 24.6. The molecule has 0 bridgehead atoms. The Balaban J connectivity index is 1.56. The molecule has 7 heteroatoms. The smallest absolute Gasteiger partial charge is 0.260 e. The Kier molecular flexibility index (Phi) is 5.91. The molecule has 4 N–H and O–H groups in total. The molecule has 27 heavy (non-hydrogen) atoms. The van der Waals surface area contributed by atoms with Crippen molar-refractivity contribution in [1.29, 1.82) is 0 Å². The van der Waals surface area contributed by atoms with E-state index in [1.54, 1.807) is 31.2 Å². The van der Waals surface area contributed by atoms with Crippen molar-refractivity contribution in [2.24, 2.45) is 11.1 Å². The Labute approximate surface area is 158 Å². The summed E-state index contributed by atoms with van der Waals surface area (Å²) in [5.74, 6) is 0.167. The monoisotopic (exact) mass is 370 g/mol. The maximum Gasteiger partial charge on any atom is 0.260 e. The number of benzene rings is 1. The molecule has 7 nitrogen and oxygen atoms in total. The molecule has 0 unspecified atom stereocenters. The van der Waals surface area contributed by atoms with E-state index in [0.29, 0.717) is 35.7 Å². The van der Waals surface area contributed by atoms with E-state index < -0.39 is 0 Å². The molecule has 1 aliphatic carbocycles. The molecule has 1 saturated carbocycles. The van der Waals surface area contributed by atoms with Crippen molar-refractivity contribution in [3.05, 3.63) is 41.8 Å². The van der Waals surface area contributed by atoms with E-state index in [1.807, 2.05) is 0 Å². The third-order valence-electron chi connectivity index (χ3n) is 5.30. The van der Waals surface area contributed by atoms with E-state index in [9.17, 15) is 9.59 Å². The van der Waals surface area contributed by atoms with E-state index in [0.717, 1.165) is 25.7 Å². The van der Waals surface area contributed by atoms with Gasteiger partial charge in [-0.15, -0.1) is 0 Å². The van der Waals surface area contributed by atoms with Gasteiger partial charge < -0.3 is 20.9 Å². The molecular weight excluding hydrogens is 344 g/mol. The molecule has 1 aliphatic rings. The van der Waals surface area contributed by atoms with Gasteiger partial charge in [0.25, 0.3) is 5.91 Å². The van der Waals surface area contributed by atoms with E-state index in [4.69, 9.17) is 10.3 Å². The summed E-state index contributed by atoms with van der Waals surface area (Å²) in [6, 6.07) is 7.03. The maximum atomic E-state index is 12.4. The summed E-state index contributed by atoms with van der Waals surface area (Å²) in [7, 11) is 0. The molecule has 1 heterocycles. The van der Waals surface area contributed by atoms with Crippen molar-refractivity contribution in [1.82, 2.24) is 5.16 Å². The predicted octanol–water partition coefficient (Wildman–Crippen LogP) is 3.47. The van der Waals surface area contributed by atoms with E-state index >= 15 is 0 Å². The molecule has 2 aromatic rings. The summed E-state index contributed by atoms with van der Waals surface area (Å²) in [5, 5.41) is 9.31. The number of hydrogen-bond donors (Lipinski definition) is 3. The third kappa shape index (κ3) is 4.74. The van der Waals surface area contributed by atoms with Crippen molar-refractivity contribution in [3.63, 3.8) is 0 Å². The number of carbonyl (C=O) groups excluding carboxylic acids is 2. The van der Waals surface area contributed by atoms with Gasteiger partial charge in [0.05, 0.1) is 6.20 Å². The fraction of sp³-hybridized carbons (Fsp3) is 0.450. The normalized spacial score (nSPS) is 15.9. The molecule has 3 rings (SSSR count). The zero-order valence-corrected chi connectivity index (χ0v) is 15.6. The first-order chi connectivity index (χ1) is 13.0. The van der Waals surface area contributed by atoms with Crippen LogP contribution in [-0.4, -0.2) is 23.5 Å². The average molecular weight is 370 g/mol. The number of hydrogen-bond acceptors (Lipinski definition) is 5. The summed E-state index contributed by atoms with van der Waals surface area (Å²) in [5.41, 5.74) is 7.62. The van der Waals surface area contributed by atoms with Gasteiger partial charge in [0.15, 0.2) is 0 Å². The van der Waals surface area contributed by atoms with Crippen LogP contribution < -0.4 is 16.4 Å². The highest BCUT2D eigenvalue weighted by Crippen LogP contribution is 2.38. The molecule has 1 aromatic heterocycles. The van der Waals surface area contributed by atoms with Gasteiger partial charge in [0.1, 0.15) is 11.3 Å². The lowest BCUT2D eigenvalue weighted by Gasteiger charge is -2.35. The average Bonchev–Trinajstić information content (AvgIpc) is 3.10. The Bertz CT molecular complexity index is 792. The first-order valence-electron chi connectivity index (χ1n) is 9.34. The zero-order valence-electron chi connectivity index (χ0n) is 15.6. The van der Waals surface area contributed by atoms with Crippen molar-refractivity contribution in [2.45, 2.75) is 45.4 Å². The molecule has 0 atom stereocenters. The molecule has 1 aromatic carbocycles. The van der Waals surface area contributed by atoms with Crippen LogP contribution >= 0.6 is 0 Å². The van der Waals surface area contributed by atoms with Crippen molar-refractivity contribution < 1.29 is 14.1 Å². The van der Waals surface area contributed by atoms with Crippen LogP contribution in [0.1, 0.15) is 54.6 Å². The van der Waals surface area contributed by atoms with E-state index in [2.05, 4.69) is 15.8 Å². The highest BCUT2D eigenvalue weighted by Gasteiger charge is 2.32. The van der Waals surface area contributed by atoms with E-state index in [-0.39, 0.29) is 17.2 Å². The molecule has 0 saturated heterocycles. The minimum atomic E-state index is -0.285. The van der Waals surface area contributed by atoms with Crippen LogP contribution in [-0.2, 0) is 4.79 Å². The highest BCUT2D eigenvalue weighted by atomic mass is 16.5. The molecule has 2 amide bonds. The van der Waals surface area contributed by atoms with Crippen LogP contribution in [0.4, 0.5) is 11.4 Å². The van der Waals surface area contributed by atoms with Gasteiger partial charge in [-0.1, -0.05) is 24.4 Å². The second kappa shape index (κ2) is 8.35. The number of anilines is 2. The Morgan fingerprint density at radius 3 is 2.30 bits per heavy atom. The van der Waals surface area contributed by atoms with Gasteiger partial charge in [0.2, 0.25) is 5.91 Å². The van der Waals surface area contributed by atoms with Crippen molar-refractivity contribution >= 4 is 23.2 Å². The Morgan fingerprint density at radius 1 is 1.11 bits per heavy atom. The van der Waals surface area contributed by atoms with Crippen molar-refractivity contribution in [3.8, 4) is 0 Å². The molecule has 1 fully saturated rings. The SMILES string of the molecule is Cc1oncc1C(=O)Nc1ccc(NC(=O)CC2(CN)CCCCC2)cc1. The predicted molar refractivity (Wildman–Crippen MR) is 103 cm³/mol. The fourth-order valence-corrected chi connectivity index (χ4v) is 3.65. The highest BCUT2D eigenvalue weighted by molar-refractivity contribution is 6.04. The first kappa shape index (κ1) is 19.1. The van der Waals surface area contributed by atoms with E-state index in [1.165, 1.54) is 12.6 Å². The van der Waals surface area contributed by atoms with Gasteiger partial charge in [-0.2, -0.15) is 0 Å². The van der Waals surface area contributed by atoms with Gasteiger partial charge >= 0.3 is 0 Å². The number of nitrogens with one attached hydrogen (secondary N) is 2. The Hall–Kier alpha value is -2.67. The summed E-state index contributed by atoms with van der Waals surface area (Å²) in [6.07, 6.45) is 7.39. The topological polar surface area (TPSA) is 110 Å². The molecular formula is C20H26N4O3. The van der Waals surface area contributed by atoms with Crippen LogP contribution in [0.2, 0.25) is 0 Å². The third-order valence-corrected chi connectivity index (χ3v) is 5.30. The number of amides is 2. The first-order valence-corrected chi connectivity index (χ1v) is 9.34. The zero-order chi connectivity index (χ0) is 19.3. The van der Waals surface area contributed by atoms with Crippen molar-refractivity contribution in [2.75, 3.05) is 17.2 Å². The second-order valence-electron chi connectivity index (χ2n) is 7.32. The van der Waals surface area contributed by atoms with Crippen LogP contribution in [0.25, 0.3) is 0 Å². The lowest BCUT2D eigenvalue weighted by atomic mass is 9.71. The summed E-state index contributed by atoms with van der Waals surface area (Å²) < 4.78 is 4.90. The number of nitrogens with zero attached hydrogens (tertiary/aromatic N) is 1. The second-order valence-corrected chi connectivity index (χ2v) is 7.32. The van der Waals surface area contributed by atoms with Gasteiger partial charge in [-0.25, -0.2) is 0 Å². The lowest BCUT2D eigenvalue weighted by molar-refractivity contribution is -0.118. The minimum Gasteiger partial charge on any atom is -0.361 e. The molecule has 144 valence electrons. The standard InChI is InChI=1S/C20H26N4O3/c1-14-17(12-22-27-14)19(26)24-16-7-5-15(6-8-16)23-18(25)11-20(13-21)9-3-2-4-10-20/h5-8,12H,2-4,9-11,13,21H2,1H3,(H,23,25)(H,24,26). The number of nitrogens with two attached hydrogens (primary N) is 1. The van der Waals surface area contributed by atoms with Crippen LogP contribution in [0.15, 0.2) is 35.0 Å². The number of aryl methyl sites for hydroxylation is 1. The van der Waals surface area contributed by atoms with Crippen LogP contribution in [0.3, 0.4) is 0 Å². The molecule has 0 aliphatic heterocycles. The quantitative estimate of drug-likeness (QED) is 0.721. The van der Waals surface area contributed by atoms with Gasteiger partial charge in [-0.05, 0) is 56.0 Å². The Morgan fingerprint density at radius 2 is 1.74 bits per heavy atom. The summed E-state index contributed by atoms with van der Waals surface area (Å²) in [6.45, 7) is 2.23. The molecule has 0 spiro atoms. The van der Waals surface area contributed by atoms with Gasteiger partial charge in [0, 0.05) is 17.8 Å². The maximum absolute atomic E-state index is 12.4. The number of aromatic nitrogens is 1. The lowest BCUT2D eigenvalue weighted by Crippen LogP contribution is -2.36. The van der Waals surface area contributed by atoms with Gasteiger partial charge in [-0.3, -0.25) is 9.59 Å². The van der Waals surface area contributed by atoms with Crippen LogP contribution in [0, 0.1) is 12.3 Å².